The van der Waals surface area contributed by atoms with Crippen molar-refractivity contribution in [3.63, 3.8) is 0 Å². The Morgan fingerprint density at radius 2 is 1.92 bits per heavy atom. The zero-order chi connectivity index (χ0) is 18.6. The van der Waals surface area contributed by atoms with Crippen LogP contribution >= 0.6 is 15.9 Å². The number of carbonyl (C=O) groups excluding carboxylic acids is 2. The number of rotatable bonds is 6. The molecule has 1 aromatic carbocycles. The highest BCUT2D eigenvalue weighted by Gasteiger charge is 2.28. The summed E-state index contributed by atoms with van der Waals surface area (Å²) in [5.41, 5.74) is 0.151. The second kappa shape index (κ2) is 8.29. The zero-order valence-corrected chi connectivity index (χ0v) is 16.5. The van der Waals surface area contributed by atoms with Gasteiger partial charge in [0, 0.05) is 17.6 Å². The van der Waals surface area contributed by atoms with E-state index < -0.39 is 21.9 Å². The molecule has 2 rings (SSSR count). The first kappa shape index (κ1) is 19.9. The van der Waals surface area contributed by atoms with Crippen molar-refractivity contribution in [1.82, 2.24) is 9.62 Å². The van der Waals surface area contributed by atoms with Gasteiger partial charge in [0.1, 0.15) is 6.54 Å². The van der Waals surface area contributed by atoms with E-state index in [1.807, 2.05) is 0 Å². The monoisotopic (exact) mass is 432 g/mol. The molecule has 25 heavy (non-hydrogen) atoms. The molecule has 0 saturated carbocycles. The van der Waals surface area contributed by atoms with Crippen LogP contribution in [0.4, 0.5) is 0 Å². The molecule has 1 fully saturated rings. The van der Waals surface area contributed by atoms with Gasteiger partial charge in [-0.2, -0.15) is 4.31 Å². The molecule has 1 aliphatic heterocycles. The summed E-state index contributed by atoms with van der Waals surface area (Å²) in [6.45, 7) is 4.11. The lowest BCUT2D eigenvalue weighted by atomic mass is 10.2. The van der Waals surface area contributed by atoms with E-state index in [9.17, 15) is 18.0 Å². The minimum absolute atomic E-state index is 0.0625. The number of sulfonamides is 1. The summed E-state index contributed by atoms with van der Waals surface area (Å²) in [4.78, 5) is 23.9. The minimum Gasteiger partial charge on any atom is -0.462 e. The number of carbonyl (C=O) groups is 2. The average Bonchev–Trinajstić information content (AvgIpc) is 3.07. The Morgan fingerprint density at radius 1 is 1.28 bits per heavy atom. The summed E-state index contributed by atoms with van der Waals surface area (Å²) in [6, 6.07) is 4.30. The van der Waals surface area contributed by atoms with Gasteiger partial charge in [-0.1, -0.05) is 0 Å². The normalized spacial score (nSPS) is 15.4. The first-order valence-electron chi connectivity index (χ1n) is 7.99. The predicted molar refractivity (Wildman–Crippen MR) is 95.7 cm³/mol. The highest BCUT2D eigenvalue weighted by atomic mass is 79.9. The van der Waals surface area contributed by atoms with Gasteiger partial charge >= 0.3 is 5.97 Å². The fourth-order valence-electron chi connectivity index (χ4n) is 2.47. The molecule has 1 saturated heterocycles. The van der Waals surface area contributed by atoms with Crippen molar-refractivity contribution in [3.05, 3.63) is 28.2 Å². The highest BCUT2D eigenvalue weighted by molar-refractivity contribution is 9.10. The summed E-state index contributed by atoms with van der Waals surface area (Å²) >= 11 is 3.24. The van der Waals surface area contributed by atoms with Crippen LogP contribution in [0.15, 0.2) is 27.6 Å². The lowest BCUT2D eigenvalue weighted by Gasteiger charge is -2.16. The quantitative estimate of drug-likeness (QED) is 0.692. The van der Waals surface area contributed by atoms with Gasteiger partial charge in [0.25, 0.3) is 5.91 Å². The first-order valence-corrected chi connectivity index (χ1v) is 10.2. The molecule has 0 aromatic heterocycles. The third-order valence-corrected chi connectivity index (χ3v) is 6.23. The van der Waals surface area contributed by atoms with Crippen LogP contribution in [0.1, 0.15) is 37.0 Å². The zero-order valence-electron chi connectivity index (χ0n) is 14.1. The van der Waals surface area contributed by atoms with Crippen molar-refractivity contribution in [3.8, 4) is 0 Å². The third kappa shape index (κ3) is 5.02. The standard InChI is InChI=1S/C16H21BrN2O5S/c1-11(2)24-15(20)10-18-16(21)13-9-12(5-6-14(13)17)25(22,23)19-7-3-4-8-19/h5-6,9,11H,3-4,7-8,10H2,1-2H3,(H,18,21). The number of esters is 1. The SMILES string of the molecule is CC(C)OC(=O)CNC(=O)c1cc(S(=O)(=O)N2CCCC2)ccc1Br. The van der Waals surface area contributed by atoms with Crippen molar-refractivity contribution >= 4 is 37.8 Å². The van der Waals surface area contributed by atoms with E-state index in [1.165, 1.54) is 22.5 Å². The molecule has 1 heterocycles. The topological polar surface area (TPSA) is 92.8 Å². The number of hydrogen-bond donors (Lipinski definition) is 1. The molecule has 7 nitrogen and oxygen atoms in total. The molecule has 0 bridgehead atoms. The van der Waals surface area contributed by atoms with Gasteiger partial charge in [0.2, 0.25) is 10.0 Å². The third-order valence-electron chi connectivity index (χ3n) is 3.65. The Hall–Kier alpha value is -1.45. The van der Waals surface area contributed by atoms with Crippen LogP contribution in [0, 0.1) is 0 Å². The van der Waals surface area contributed by atoms with E-state index >= 15 is 0 Å². The van der Waals surface area contributed by atoms with Gasteiger partial charge in [-0.15, -0.1) is 0 Å². The Labute approximate surface area is 155 Å². The lowest BCUT2D eigenvalue weighted by molar-refractivity contribution is -0.146. The smallest absolute Gasteiger partial charge is 0.325 e. The fraction of sp³-hybridized carbons (Fsp3) is 0.500. The molecule has 0 radical (unpaired) electrons. The van der Waals surface area contributed by atoms with Crippen molar-refractivity contribution in [2.24, 2.45) is 0 Å². The Morgan fingerprint density at radius 3 is 2.52 bits per heavy atom. The molecule has 1 N–H and O–H groups in total. The summed E-state index contributed by atoms with van der Waals surface area (Å²) in [5.74, 6) is -1.11. The summed E-state index contributed by atoms with van der Waals surface area (Å²) in [7, 11) is -3.62. The van der Waals surface area contributed by atoms with Crippen LogP contribution in [-0.2, 0) is 19.6 Å². The molecule has 138 valence electrons. The summed E-state index contributed by atoms with van der Waals surface area (Å²) < 4.78 is 32.0. The predicted octanol–water partition coefficient (Wildman–Crippen LogP) is 1.92. The molecule has 1 aromatic rings. The van der Waals surface area contributed by atoms with Crippen LogP contribution in [0.2, 0.25) is 0 Å². The Bertz CT molecular complexity index is 758. The molecule has 1 aliphatic rings. The van der Waals surface area contributed by atoms with Crippen LogP contribution < -0.4 is 5.32 Å². The highest BCUT2D eigenvalue weighted by Crippen LogP contribution is 2.25. The van der Waals surface area contributed by atoms with E-state index in [0.717, 1.165) is 12.8 Å². The van der Waals surface area contributed by atoms with Crippen molar-refractivity contribution in [1.29, 1.82) is 0 Å². The van der Waals surface area contributed by atoms with Gasteiger partial charge in [0.15, 0.2) is 0 Å². The van der Waals surface area contributed by atoms with E-state index in [1.54, 1.807) is 13.8 Å². The molecule has 9 heteroatoms. The minimum atomic E-state index is -3.62. The molecule has 0 aliphatic carbocycles. The lowest BCUT2D eigenvalue weighted by Crippen LogP contribution is -2.32. The van der Waals surface area contributed by atoms with Crippen molar-refractivity contribution < 1.29 is 22.7 Å². The maximum absolute atomic E-state index is 12.6. The van der Waals surface area contributed by atoms with E-state index in [-0.39, 0.29) is 23.1 Å². The molecule has 1 amide bonds. The molecule has 0 unspecified atom stereocenters. The number of nitrogens with one attached hydrogen (secondary N) is 1. The second-order valence-corrected chi connectivity index (χ2v) is 8.77. The largest absolute Gasteiger partial charge is 0.462 e. The molecule has 0 atom stereocenters. The average molecular weight is 433 g/mol. The second-order valence-electron chi connectivity index (χ2n) is 5.97. The maximum atomic E-state index is 12.6. The number of halogens is 1. The Kier molecular flexibility index (Phi) is 6.59. The van der Waals surface area contributed by atoms with Crippen LogP contribution in [-0.4, -0.2) is 50.3 Å². The maximum Gasteiger partial charge on any atom is 0.325 e. The fourth-order valence-corrected chi connectivity index (χ4v) is 4.44. The number of hydrogen-bond acceptors (Lipinski definition) is 5. The number of benzene rings is 1. The van der Waals surface area contributed by atoms with Gasteiger partial charge < -0.3 is 10.1 Å². The van der Waals surface area contributed by atoms with Crippen LogP contribution in [0.25, 0.3) is 0 Å². The molecule has 0 spiro atoms. The van der Waals surface area contributed by atoms with Gasteiger partial charge in [-0.05, 0) is 60.8 Å². The van der Waals surface area contributed by atoms with Crippen LogP contribution in [0.5, 0.6) is 0 Å². The number of ether oxygens (including phenoxy) is 1. The van der Waals surface area contributed by atoms with Gasteiger partial charge in [-0.3, -0.25) is 9.59 Å². The van der Waals surface area contributed by atoms with Crippen molar-refractivity contribution in [2.45, 2.75) is 37.7 Å². The first-order chi connectivity index (χ1) is 11.7. The van der Waals surface area contributed by atoms with Crippen molar-refractivity contribution in [2.75, 3.05) is 19.6 Å². The number of nitrogens with zero attached hydrogens (tertiary/aromatic N) is 1. The van der Waals surface area contributed by atoms with Gasteiger partial charge in [-0.25, -0.2) is 8.42 Å². The molecular weight excluding hydrogens is 412 g/mol. The molecular formula is C16H21BrN2O5S. The summed E-state index contributed by atoms with van der Waals surface area (Å²) in [6.07, 6.45) is 1.40. The summed E-state index contributed by atoms with van der Waals surface area (Å²) in [5, 5.41) is 2.44. The van der Waals surface area contributed by atoms with Crippen LogP contribution in [0.3, 0.4) is 0 Å². The van der Waals surface area contributed by atoms with E-state index in [2.05, 4.69) is 21.2 Å². The number of amides is 1. The van der Waals surface area contributed by atoms with Gasteiger partial charge in [0.05, 0.1) is 16.6 Å². The van der Waals surface area contributed by atoms with E-state index in [4.69, 9.17) is 4.74 Å². The Balaban J connectivity index is 2.15. The van der Waals surface area contributed by atoms with E-state index in [0.29, 0.717) is 17.6 Å².